The third-order valence-corrected chi connectivity index (χ3v) is 5.68. The smallest absolute Gasteiger partial charge is 0.112 e. The summed E-state index contributed by atoms with van der Waals surface area (Å²) in [6.45, 7) is 12.4. The van der Waals surface area contributed by atoms with Crippen LogP contribution >= 0.6 is 0 Å². The van der Waals surface area contributed by atoms with Gasteiger partial charge in [-0.25, -0.2) is 0 Å². The average Bonchev–Trinajstić information content (AvgIpc) is 2.73. The Balaban J connectivity index is 2.92. The average molecular weight is 417 g/mol. The molecule has 6 nitrogen and oxygen atoms in total. The van der Waals surface area contributed by atoms with Gasteiger partial charge < -0.3 is 18.9 Å². The van der Waals surface area contributed by atoms with Crippen LogP contribution in [0.3, 0.4) is 0 Å². The van der Waals surface area contributed by atoms with E-state index in [0.717, 1.165) is 84.2 Å². The van der Waals surface area contributed by atoms with Crippen LogP contribution in [0.25, 0.3) is 0 Å². The minimum atomic E-state index is -0.121. The summed E-state index contributed by atoms with van der Waals surface area (Å²) in [5.41, 5.74) is 3.00. The molecule has 0 spiro atoms. The minimum absolute atomic E-state index is 0.0174. The van der Waals surface area contributed by atoms with Gasteiger partial charge in [0.1, 0.15) is 12.2 Å². The van der Waals surface area contributed by atoms with Crippen LogP contribution in [0.1, 0.15) is 85.5 Å². The Labute approximate surface area is 179 Å². The summed E-state index contributed by atoms with van der Waals surface area (Å²) in [7, 11) is 0. The van der Waals surface area contributed by atoms with Crippen LogP contribution in [0.4, 0.5) is 0 Å². The van der Waals surface area contributed by atoms with Gasteiger partial charge in [0.2, 0.25) is 0 Å². The van der Waals surface area contributed by atoms with Crippen LogP contribution in [0.15, 0.2) is 0 Å². The molecule has 174 valence electrons. The molecule has 0 aromatic heterocycles. The summed E-state index contributed by atoms with van der Waals surface area (Å²) in [4.78, 5) is 0. The van der Waals surface area contributed by atoms with E-state index >= 15 is 0 Å². The second-order valence-electron chi connectivity index (χ2n) is 8.26. The molecule has 1 aliphatic carbocycles. The third kappa shape index (κ3) is 10.1. The Bertz CT molecular complexity index is 373. The van der Waals surface area contributed by atoms with E-state index < -0.39 is 0 Å². The second kappa shape index (κ2) is 17.4. The van der Waals surface area contributed by atoms with Crippen molar-refractivity contribution in [1.29, 1.82) is 0 Å². The molecule has 3 unspecified atom stereocenters. The lowest BCUT2D eigenvalue weighted by molar-refractivity contribution is -0.193. The highest BCUT2D eigenvalue weighted by atomic mass is 16.6. The minimum Gasteiger partial charge on any atom is -0.381 e. The van der Waals surface area contributed by atoms with Gasteiger partial charge in [0.05, 0.1) is 18.8 Å². The predicted octanol–water partition coefficient (Wildman–Crippen LogP) is 4.21. The standard InChI is InChI=1S/C23H48N2O4/c1-5-9-13-26-18-19-17-20(25-24)22(28-15-11-7-3)23(29-16-12-8-4)21(19)27-14-10-6-2/h19-23,25H,5-18,24H2,1-4H3/t19?,20?,21-,22+,23?/m1/s1. The van der Waals surface area contributed by atoms with Crippen molar-refractivity contribution in [3.8, 4) is 0 Å². The highest BCUT2D eigenvalue weighted by Gasteiger charge is 2.46. The van der Waals surface area contributed by atoms with Crippen molar-refractivity contribution in [2.24, 2.45) is 11.8 Å². The number of hydrogen-bond acceptors (Lipinski definition) is 6. The van der Waals surface area contributed by atoms with Crippen molar-refractivity contribution in [2.45, 2.75) is 110 Å². The molecule has 6 heteroatoms. The molecule has 0 amide bonds. The van der Waals surface area contributed by atoms with Gasteiger partial charge in [-0.05, 0) is 32.1 Å². The highest BCUT2D eigenvalue weighted by molar-refractivity contribution is 4.98. The van der Waals surface area contributed by atoms with Gasteiger partial charge in [0.25, 0.3) is 0 Å². The molecule has 3 N–H and O–H groups in total. The first-order valence-corrected chi connectivity index (χ1v) is 12.1. The van der Waals surface area contributed by atoms with E-state index in [1.165, 1.54) is 0 Å². The first-order valence-electron chi connectivity index (χ1n) is 12.1. The van der Waals surface area contributed by atoms with Gasteiger partial charge in [-0.3, -0.25) is 11.3 Å². The number of ether oxygens (including phenoxy) is 4. The van der Waals surface area contributed by atoms with Crippen molar-refractivity contribution in [2.75, 3.05) is 33.0 Å². The molecule has 1 rings (SSSR count). The van der Waals surface area contributed by atoms with Crippen molar-refractivity contribution >= 4 is 0 Å². The number of nitrogens with one attached hydrogen (secondary N) is 1. The normalized spacial score (nSPS) is 27.4. The molecule has 0 aromatic carbocycles. The Hall–Kier alpha value is -0.240. The fraction of sp³-hybridized carbons (Fsp3) is 1.00. The van der Waals surface area contributed by atoms with Crippen LogP contribution in [-0.4, -0.2) is 57.4 Å². The van der Waals surface area contributed by atoms with Crippen molar-refractivity contribution in [3.05, 3.63) is 0 Å². The number of unbranched alkanes of at least 4 members (excludes halogenated alkanes) is 4. The van der Waals surface area contributed by atoms with Crippen LogP contribution in [-0.2, 0) is 18.9 Å². The molecular weight excluding hydrogens is 368 g/mol. The third-order valence-electron chi connectivity index (χ3n) is 5.68. The lowest BCUT2D eigenvalue weighted by Crippen LogP contribution is -2.62. The van der Waals surface area contributed by atoms with Gasteiger partial charge in [0.15, 0.2) is 0 Å². The monoisotopic (exact) mass is 416 g/mol. The van der Waals surface area contributed by atoms with E-state index in [1.54, 1.807) is 0 Å². The van der Waals surface area contributed by atoms with Gasteiger partial charge in [-0.2, -0.15) is 0 Å². The fourth-order valence-electron chi connectivity index (χ4n) is 3.81. The Kier molecular flexibility index (Phi) is 16.1. The number of hydrazine groups is 1. The van der Waals surface area contributed by atoms with Crippen LogP contribution in [0.2, 0.25) is 0 Å². The molecule has 0 bridgehead atoms. The lowest BCUT2D eigenvalue weighted by atomic mass is 9.79. The Morgan fingerprint density at radius 2 is 1.17 bits per heavy atom. The molecule has 1 fully saturated rings. The molecule has 0 radical (unpaired) electrons. The molecule has 1 aliphatic rings. The lowest BCUT2D eigenvalue weighted by Gasteiger charge is -2.46. The van der Waals surface area contributed by atoms with E-state index in [2.05, 4.69) is 33.1 Å². The van der Waals surface area contributed by atoms with Crippen LogP contribution in [0.5, 0.6) is 0 Å². The summed E-state index contributed by atoms with van der Waals surface area (Å²) in [5.74, 6) is 6.21. The van der Waals surface area contributed by atoms with E-state index in [1.807, 2.05) is 0 Å². The van der Waals surface area contributed by atoms with Crippen molar-refractivity contribution in [1.82, 2.24) is 5.43 Å². The van der Waals surface area contributed by atoms with Gasteiger partial charge in [-0.1, -0.05) is 53.4 Å². The summed E-state index contributed by atoms with van der Waals surface area (Å²) >= 11 is 0. The molecule has 0 aliphatic heterocycles. The maximum Gasteiger partial charge on any atom is 0.112 e. The first-order chi connectivity index (χ1) is 14.2. The Morgan fingerprint density at radius 1 is 0.690 bits per heavy atom. The SMILES string of the molecule is CCCCOCC1CC(NN)[C@H](OCCCC)C(OCCCC)[C@@H]1OCCCC. The van der Waals surface area contributed by atoms with E-state index in [0.29, 0.717) is 6.61 Å². The van der Waals surface area contributed by atoms with E-state index in [-0.39, 0.29) is 30.3 Å². The molecule has 0 heterocycles. The second-order valence-corrected chi connectivity index (χ2v) is 8.26. The molecule has 29 heavy (non-hydrogen) atoms. The maximum absolute atomic E-state index is 6.41. The van der Waals surface area contributed by atoms with E-state index in [9.17, 15) is 0 Å². The molecule has 1 saturated carbocycles. The Morgan fingerprint density at radius 3 is 1.69 bits per heavy atom. The zero-order valence-electron chi connectivity index (χ0n) is 19.5. The topological polar surface area (TPSA) is 75.0 Å². The summed E-state index contributed by atoms with van der Waals surface area (Å²) in [6, 6.07) is 0.0456. The van der Waals surface area contributed by atoms with Crippen molar-refractivity contribution in [3.63, 3.8) is 0 Å². The summed E-state index contributed by atoms with van der Waals surface area (Å²) in [6.07, 6.45) is 9.36. The zero-order valence-corrected chi connectivity index (χ0v) is 19.5. The maximum atomic E-state index is 6.41. The van der Waals surface area contributed by atoms with Gasteiger partial charge in [0, 0.05) is 32.3 Å². The molecule has 0 saturated heterocycles. The number of hydrogen-bond donors (Lipinski definition) is 2. The van der Waals surface area contributed by atoms with E-state index in [4.69, 9.17) is 24.8 Å². The predicted molar refractivity (Wildman–Crippen MR) is 119 cm³/mol. The molecular formula is C23H48N2O4. The van der Waals surface area contributed by atoms with Crippen molar-refractivity contribution < 1.29 is 18.9 Å². The number of nitrogens with two attached hydrogens (primary N) is 1. The van der Waals surface area contributed by atoms with Gasteiger partial charge >= 0.3 is 0 Å². The summed E-state index contributed by atoms with van der Waals surface area (Å²) < 4.78 is 25.1. The van der Waals surface area contributed by atoms with Crippen LogP contribution in [0, 0.1) is 5.92 Å². The number of rotatable bonds is 18. The quantitative estimate of drug-likeness (QED) is 0.198. The largest absolute Gasteiger partial charge is 0.381 e. The fourth-order valence-corrected chi connectivity index (χ4v) is 3.81. The molecule has 0 aromatic rings. The highest BCUT2D eigenvalue weighted by Crippen LogP contribution is 2.33. The zero-order chi connectivity index (χ0) is 21.3. The first kappa shape index (κ1) is 26.8. The van der Waals surface area contributed by atoms with Crippen LogP contribution < -0.4 is 11.3 Å². The molecule has 5 atom stereocenters. The summed E-state index contributed by atoms with van der Waals surface area (Å²) in [5, 5.41) is 0. The van der Waals surface area contributed by atoms with Gasteiger partial charge in [-0.15, -0.1) is 0 Å².